The van der Waals surface area contributed by atoms with E-state index in [2.05, 4.69) is 0 Å². The molecule has 2 nitrogen and oxygen atoms in total. The third-order valence-electron chi connectivity index (χ3n) is 1.89. The van der Waals surface area contributed by atoms with E-state index in [-0.39, 0.29) is 11.7 Å². The van der Waals surface area contributed by atoms with Crippen molar-refractivity contribution in [2.45, 2.75) is 19.3 Å². The first-order chi connectivity index (χ1) is 6.34. The van der Waals surface area contributed by atoms with E-state index in [1.54, 1.807) is 11.3 Å². The van der Waals surface area contributed by atoms with Crippen molar-refractivity contribution in [1.29, 1.82) is 5.26 Å². The molecule has 0 radical (unpaired) electrons. The highest BCUT2D eigenvalue weighted by molar-refractivity contribution is 7.07. The molecule has 68 valence electrons. The second-order valence-corrected chi connectivity index (χ2v) is 3.65. The Kier molecular flexibility index (Phi) is 4.20. The number of hydrogen-bond donors (Lipinski definition) is 0. The molecule has 13 heavy (non-hydrogen) atoms. The van der Waals surface area contributed by atoms with Gasteiger partial charge in [-0.05, 0) is 23.6 Å². The first kappa shape index (κ1) is 9.94. The molecule has 0 spiro atoms. The summed E-state index contributed by atoms with van der Waals surface area (Å²) in [5.74, 6) is -0.137. The van der Waals surface area contributed by atoms with E-state index >= 15 is 0 Å². The van der Waals surface area contributed by atoms with E-state index in [9.17, 15) is 4.79 Å². The van der Waals surface area contributed by atoms with Gasteiger partial charge >= 0.3 is 0 Å². The van der Waals surface area contributed by atoms with Gasteiger partial charge in [0.05, 0.1) is 6.07 Å². The number of nitrogens with zero attached hydrogens (tertiary/aromatic N) is 1. The fourth-order valence-corrected chi connectivity index (χ4v) is 1.63. The standard InChI is InChI=1S/C6H7NO.C4H4S/c7-4-5-2-1-3-6(5)8;1-2-4-5-3-1/h5H,1-3H2;1-4H. The Hall–Kier alpha value is -1.14. The zero-order valence-electron chi connectivity index (χ0n) is 7.27. The van der Waals surface area contributed by atoms with Crippen molar-refractivity contribution in [1.82, 2.24) is 0 Å². The van der Waals surface area contributed by atoms with Gasteiger partial charge in [0.25, 0.3) is 0 Å². The second-order valence-electron chi connectivity index (χ2n) is 2.83. The lowest BCUT2D eigenvalue weighted by atomic mass is 10.1. The van der Waals surface area contributed by atoms with E-state index in [4.69, 9.17) is 5.26 Å². The minimum atomic E-state index is -0.269. The molecule has 0 aliphatic heterocycles. The minimum absolute atomic E-state index is 0.132. The predicted octanol–water partition coefficient (Wildman–Crippen LogP) is 2.63. The predicted molar refractivity (Wildman–Crippen MR) is 52.3 cm³/mol. The van der Waals surface area contributed by atoms with Crippen molar-refractivity contribution in [3.8, 4) is 6.07 Å². The molecule has 1 atom stereocenters. The first-order valence-electron chi connectivity index (χ1n) is 4.24. The van der Waals surface area contributed by atoms with Gasteiger partial charge in [0, 0.05) is 6.42 Å². The molecule has 3 heteroatoms. The molecule has 2 rings (SSSR count). The fourth-order valence-electron chi connectivity index (χ4n) is 1.18. The lowest BCUT2D eigenvalue weighted by molar-refractivity contribution is -0.119. The summed E-state index contributed by atoms with van der Waals surface area (Å²) < 4.78 is 0. The number of Topliss-reactive ketones (excluding diaryl/α,β-unsaturated/α-hetero) is 1. The van der Waals surface area contributed by atoms with Crippen molar-refractivity contribution >= 4 is 17.1 Å². The van der Waals surface area contributed by atoms with Gasteiger partial charge in [0.15, 0.2) is 0 Å². The van der Waals surface area contributed by atoms with Crippen LogP contribution in [-0.4, -0.2) is 5.78 Å². The third-order valence-corrected chi connectivity index (χ3v) is 2.51. The molecule has 1 aliphatic carbocycles. The largest absolute Gasteiger partial charge is 0.298 e. The van der Waals surface area contributed by atoms with Crippen LogP contribution in [0.15, 0.2) is 22.9 Å². The smallest absolute Gasteiger partial charge is 0.149 e. The van der Waals surface area contributed by atoms with Crippen LogP contribution in [0.4, 0.5) is 0 Å². The molecule has 0 saturated heterocycles. The second kappa shape index (κ2) is 5.50. The molecule has 1 aliphatic rings. The number of hydrogen-bond acceptors (Lipinski definition) is 3. The van der Waals surface area contributed by atoms with Crippen molar-refractivity contribution in [2.75, 3.05) is 0 Å². The maximum atomic E-state index is 10.6. The highest BCUT2D eigenvalue weighted by Gasteiger charge is 2.23. The molecule has 1 heterocycles. The number of thiophene rings is 1. The van der Waals surface area contributed by atoms with Crippen LogP contribution in [0.25, 0.3) is 0 Å². The van der Waals surface area contributed by atoms with Crippen molar-refractivity contribution in [3.05, 3.63) is 22.9 Å². The van der Waals surface area contributed by atoms with Crippen LogP contribution in [0.3, 0.4) is 0 Å². The van der Waals surface area contributed by atoms with Gasteiger partial charge in [-0.25, -0.2) is 0 Å². The highest BCUT2D eigenvalue weighted by Crippen LogP contribution is 2.19. The number of ketones is 1. The van der Waals surface area contributed by atoms with Crippen LogP contribution in [-0.2, 0) is 4.79 Å². The summed E-state index contributed by atoms with van der Waals surface area (Å²) in [5.41, 5.74) is 0. The van der Waals surface area contributed by atoms with Gasteiger partial charge in [-0.2, -0.15) is 16.6 Å². The molecule has 0 amide bonds. The summed E-state index contributed by atoms with van der Waals surface area (Å²) >= 11 is 1.71. The Morgan fingerprint density at radius 1 is 1.46 bits per heavy atom. The van der Waals surface area contributed by atoms with E-state index in [1.807, 2.05) is 29.0 Å². The maximum absolute atomic E-state index is 10.6. The Labute approximate surface area is 81.8 Å². The van der Waals surface area contributed by atoms with Gasteiger partial charge in [-0.15, -0.1) is 0 Å². The Morgan fingerprint density at radius 2 is 2.15 bits per heavy atom. The van der Waals surface area contributed by atoms with E-state index in [1.165, 1.54) is 0 Å². The van der Waals surface area contributed by atoms with Crippen molar-refractivity contribution < 1.29 is 4.79 Å². The topological polar surface area (TPSA) is 40.9 Å². The van der Waals surface area contributed by atoms with Crippen molar-refractivity contribution in [3.63, 3.8) is 0 Å². The van der Waals surface area contributed by atoms with Crippen LogP contribution in [0.1, 0.15) is 19.3 Å². The molecule has 0 N–H and O–H groups in total. The number of nitriles is 1. The number of rotatable bonds is 0. The molecule has 0 aromatic carbocycles. The van der Waals surface area contributed by atoms with Crippen molar-refractivity contribution in [2.24, 2.45) is 5.92 Å². The van der Waals surface area contributed by atoms with Gasteiger partial charge in [0.2, 0.25) is 0 Å². The third kappa shape index (κ3) is 3.39. The summed E-state index contributed by atoms with van der Waals surface area (Å²) in [5, 5.41) is 12.3. The average Bonchev–Trinajstić information content (AvgIpc) is 2.76. The molecule has 1 aromatic heterocycles. The molecule has 1 fully saturated rings. The van der Waals surface area contributed by atoms with Crippen LogP contribution < -0.4 is 0 Å². The molecular weight excluding hydrogens is 182 g/mol. The summed E-state index contributed by atoms with van der Waals surface area (Å²) in [6, 6.07) is 6.00. The molecule has 1 unspecified atom stereocenters. The summed E-state index contributed by atoms with van der Waals surface area (Å²) in [6.45, 7) is 0. The summed E-state index contributed by atoms with van der Waals surface area (Å²) in [4.78, 5) is 10.6. The average molecular weight is 193 g/mol. The van der Waals surface area contributed by atoms with Gasteiger partial charge in [-0.1, -0.05) is 12.1 Å². The summed E-state index contributed by atoms with van der Waals surface area (Å²) in [7, 11) is 0. The lowest BCUT2D eigenvalue weighted by Crippen LogP contribution is -2.01. The fraction of sp³-hybridized carbons (Fsp3) is 0.400. The van der Waals surface area contributed by atoms with Crippen LogP contribution in [0.2, 0.25) is 0 Å². The Balaban J connectivity index is 0.000000145. The van der Waals surface area contributed by atoms with E-state index in [0.29, 0.717) is 6.42 Å². The zero-order valence-corrected chi connectivity index (χ0v) is 8.09. The SMILES string of the molecule is N#CC1CCCC1=O.c1ccsc1. The Morgan fingerprint density at radius 3 is 2.38 bits per heavy atom. The maximum Gasteiger partial charge on any atom is 0.149 e. The summed E-state index contributed by atoms with van der Waals surface area (Å²) in [6.07, 6.45) is 2.32. The highest BCUT2D eigenvalue weighted by atomic mass is 32.1. The van der Waals surface area contributed by atoms with Crippen LogP contribution >= 0.6 is 11.3 Å². The van der Waals surface area contributed by atoms with E-state index in [0.717, 1.165) is 12.8 Å². The first-order valence-corrected chi connectivity index (χ1v) is 5.18. The molecule has 0 bridgehead atoms. The monoisotopic (exact) mass is 193 g/mol. The molecule has 1 saturated carbocycles. The quantitative estimate of drug-likeness (QED) is 0.635. The lowest BCUT2D eigenvalue weighted by Gasteiger charge is -1.87. The van der Waals surface area contributed by atoms with E-state index < -0.39 is 0 Å². The number of carbonyl (C=O) groups excluding carboxylic acids is 1. The normalized spacial score (nSPS) is 20.2. The molecule has 1 aromatic rings. The van der Waals surface area contributed by atoms with Crippen LogP contribution in [0.5, 0.6) is 0 Å². The zero-order chi connectivity index (χ0) is 9.52. The van der Waals surface area contributed by atoms with Gasteiger partial charge < -0.3 is 0 Å². The Bertz CT molecular complexity index is 269. The van der Waals surface area contributed by atoms with Gasteiger partial charge in [0.1, 0.15) is 11.7 Å². The van der Waals surface area contributed by atoms with Gasteiger partial charge in [-0.3, -0.25) is 4.79 Å². The van der Waals surface area contributed by atoms with Crippen LogP contribution in [0, 0.1) is 17.2 Å². The molecular formula is C10H11NOS. The minimum Gasteiger partial charge on any atom is -0.298 e. The number of carbonyl (C=O) groups is 1.